The zero-order valence-electron chi connectivity index (χ0n) is 12.1. The molecule has 2 rings (SSSR count). The van der Waals surface area contributed by atoms with E-state index in [1.807, 2.05) is 11.8 Å². The quantitative estimate of drug-likeness (QED) is 0.820. The van der Waals surface area contributed by atoms with Crippen molar-refractivity contribution in [2.24, 2.45) is 0 Å². The number of nitrogens with one attached hydrogen (secondary N) is 1. The van der Waals surface area contributed by atoms with E-state index in [9.17, 15) is 0 Å². The first-order valence-corrected chi connectivity index (χ1v) is 8.73. The molecule has 0 saturated carbocycles. The molecule has 1 N–H and O–H groups in total. The molecule has 3 heteroatoms. The summed E-state index contributed by atoms with van der Waals surface area (Å²) in [5.74, 6) is 2.34. The highest BCUT2D eigenvalue weighted by Gasteiger charge is 2.20. The molecule has 1 unspecified atom stereocenters. The van der Waals surface area contributed by atoms with Gasteiger partial charge in [0, 0.05) is 11.6 Å². The van der Waals surface area contributed by atoms with Crippen LogP contribution in [0.15, 0.2) is 18.2 Å². The number of hydrogen-bond donors (Lipinski definition) is 1. The van der Waals surface area contributed by atoms with Crippen molar-refractivity contribution in [2.75, 3.05) is 25.2 Å². The van der Waals surface area contributed by atoms with Crippen LogP contribution in [0.5, 0.6) is 5.75 Å². The lowest BCUT2D eigenvalue weighted by molar-refractivity contribution is 0.281. The second kappa shape index (κ2) is 7.81. The van der Waals surface area contributed by atoms with Crippen LogP contribution in [-0.4, -0.2) is 25.2 Å². The zero-order valence-corrected chi connectivity index (χ0v) is 12.9. The zero-order chi connectivity index (χ0) is 13.5. The normalized spacial score (nSPS) is 15.7. The summed E-state index contributed by atoms with van der Waals surface area (Å²) in [5.41, 5.74) is 2.75. The van der Waals surface area contributed by atoms with Crippen LogP contribution in [0.25, 0.3) is 0 Å². The molecule has 0 fully saturated rings. The minimum atomic E-state index is 0.431. The third-order valence-corrected chi connectivity index (χ3v) is 4.23. The van der Waals surface area contributed by atoms with Gasteiger partial charge in [-0.05, 0) is 49.8 Å². The molecule has 1 heterocycles. The summed E-state index contributed by atoms with van der Waals surface area (Å²) in [6.45, 7) is 4.16. The Kier molecular flexibility index (Phi) is 6.05. The van der Waals surface area contributed by atoms with Crippen LogP contribution in [0.2, 0.25) is 0 Å². The van der Waals surface area contributed by atoms with Gasteiger partial charge in [0.25, 0.3) is 0 Å². The molecule has 0 aliphatic carbocycles. The van der Waals surface area contributed by atoms with Crippen molar-refractivity contribution in [3.05, 3.63) is 29.3 Å². The minimum Gasteiger partial charge on any atom is -0.493 e. The van der Waals surface area contributed by atoms with Gasteiger partial charge in [-0.3, -0.25) is 0 Å². The smallest absolute Gasteiger partial charge is 0.127 e. The summed E-state index contributed by atoms with van der Waals surface area (Å²) in [6.07, 6.45) is 6.82. The molecule has 19 heavy (non-hydrogen) atoms. The van der Waals surface area contributed by atoms with Gasteiger partial charge >= 0.3 is 0 Å². The first kappa shape index (κ1) is 14.7. The number of benzene rings is 1. The van der Waals surface area contributed by atoms with Crippen LogP contribution in [0.1, 0.15) is 43.4 Å². The number of thioether (sulfide) groups is 1. The predicted molar refractivity (Wildman–Crippen MR) is 84.3 cm³/mol. The Labute approximate surface area is 121 Å². The number of ether oxygens (including phenoxy) is 1. The fraction of sp³-hybridized carbons (Fsp3) is 0.625. The molecule has 1 atom stereocenters. The molecule has 0 radical (unpaired) electrons. The molecular formula is C16H25NOS. The van der Waals surface area contributed by atoms with Crippen LogP contribution in [-0.2, 0) is 6.42 Å². The molecule has 2 nitrogen and oxygen atoms in total. The Morgan fingerprint density at radius 2 is 2.32 bits per heavy atom. The molecule has 0 bridgehead atoms. The molecular weight excluding hydrogens is 254 g/mol. The molecule has 106 valence electrons. The molecule has 0 spiro atoms. The van der Waals surface area contributed by atoms with E-state index in [-0.39, 0.29) is 0 Å². The van der Waals surface area contributed by atoms with Crippen molar-refractivity contribution >= 4 is 11.8 Å². The van der Waals surface area contributed by atoms with Crippen molar-refractivity contribution in [1.29, 1.82) is 0 Å². The van der Waals surface area contributed by atoms with Gasteiger partial charge in [-0.25, -0.2) is 0 Å². The molecule has 1 aromatic rings. The number of aryl methyl sites for hydroxylation is 1. The van der Waals surface area contributed by atoms with Crippen molar-refractivity contribution < 1.29 is 4.74 Å². The predicted octanol–water partition coefficient (Wildman–Crippen LogP) is 3.81. The van der Waals surface area contributed by atoms with Gasteiger partial charge in [0.1, 0.15) is 5.75 Å². The first-order chi connectivity index (χ1) is 9.36. The Hall–Kier alpha value is -0.670. The molecule has 0 aromatic heterocycles. The standard InChI is InChI=1S/C16H25NOS/c1-3-10-17-15(9-12-19-2)14-8-4-6-13-7-5-11-18-16(13)14/h4,6,8,15,17H,3,5,7,9-12H2,1-2H3. The summed E-state index contributed by atoms with van der Waals surface area (Å²) in [6, 6.07) is 7.06. The summed E-state index contributed by atoms with van der Waals surface area (Å²) >= 11 is 1.91. The molecule has 0 saturated heterocycles. The third-order valence-electron chi connectivity index (χ3n) is 3.59. The van der Waals surface area contributed by atoms with Crippen molar-refractivity contribution in [3.8, 4) is 5.75 Å². The van der Waals surface area contributed by atoms with Gasteiger partial charge < -0.3 is 10.1 Å². The highest BCUT2D eigenvalue weighted by atomic mass is 32.2. The van der Waals surface area contributed by atoms with Crippen LogP contribution >= 0.6 is 11.8 Å². The average Bonchev–Trinajstić information content (AvgIpc) is 2.47. The van der Waals surface area contributed by atoms with Crippen molar-refractivity contribution in [1.82, 2.24) is 5.32 Å². The number of rotatable bonds is 7. The highest BCUT2D eigenvalue weighted by Crippen LogP contribution is 2.34. The maximum absolute atomic E-state index is 5.95. The fourth-order valence-corrected chi connectivity index (χ4v) is 3.08. The summed E-state index contributed by atoms with van der Waals surface area (Å²) in [5, 5.41) is 3.68. The lowest BCUT2D eigenvalue weighted by Gasteiger charge is -2.26. The molecule has 1 aliphatic rings. The van der Waals surface area contributed by atoms with Gasteiger partial charge in [0.05, 0.1) is 6.61 Å². The maximum atomic E-state index is 5.95. The third kappa shape index (κ3) is 3.90. The van der Waals surface area contributed by atoms with Gasteiger partial charge in [-0.1, -0.05) is 25.1 Å². The van der Waals surface area contributed by atoms with Crippen LogP contribution in [0, 0.1) is 0 Å². The number of fused-ring (bicyclic) bond motifs is 1. The van der Waals surface area contributed by atoms with E-state index in [1.54, 1.807) is 0 Å². The van der Waals surface area contributed by atoms with Crippen molar-refractivity contribution in [3.63, 3.8) is 0 Å². The summed E-state index contributed by atoms with van der Waals surface area (Å²) in [7, 11) is 0. The van der Waals surface area contributed by atoms with E-state index in [2.05, 4.69) is 36.7 Å². The summed E-state index contributed by atoms with van der Waals surface area (Å²) in [4.78, 5) is 0. The van der Waals surface area contributed by atoms with E-state index >= 15 is 0 Å². The molecule has 1 aromatic carbocycles. The van der Waals surface area contributed by atoms with Crippen LogP contribution in [0.4, 0.5) is 0 Å². The first-order valence-electron chi connectivity index (χ1n) is 7.33. The Morgan fingerprint density at radius 1 is 1.42 bits per heavy atom. The van der Waals surface area contributed by atoms with Crippen LogP contribution in [0.3, 0.4) is 0 Å². The Balaban J connectivity index is 2.19. The van der Waals surface area contributed by atoms with Crippen LogP contribution < -0.4 is 10.1 Å². The largest absolute Gasteiger partial charge is 0.493 e. The van der Waals surface area contributed by atoms with Gasteiger partial charge in [0.2, 0.25) is 0 Å². The molecule has 0 amide bonds. The van der Waals surface area contributed by atoms with Crippen molar-refractivity contribution in [2.45, 2.75) is 38.6 Å². The van der Waals surface area contributed by atoms with E-state index in [1.165, 1.54) is 29.7 Å². The van der Waals surface area contributed by atoms with E-state index in [0.717, 1.165) is 31.7 Å². The lowest BCUT2D eigenvalue weighted by Crippen LogP contribution is -2.24. The number of hydrogen-bond acceptors (Lipinski definition) is 3. The maximum Gasteiger partial charge on any atom is 0.127 e. The lowest BCUT2D eigenvalue weighted by atomic mass is 9.96. The average molecular weight is 279 g/mol. The number of para-hydroxylation sites is 1. The second-order valence-electron chi connectivity index (χ2n) is 5.08. The second-order valence-corrected chi connectivity index (χ2v) is 6.06. The Morgan fingerprint density at radius 3 is 3.11 bits per heavy atom. The molecule has 1 aliphatic heterocycles. The Bertz CT molecular complexity index is 386. The van der Waals surface area contributed by atoms with E-state index < -0.39 is 0 Å². The van der Waals surface area contributed by atoms with E-state index in [0.29, 0.717) is 6.04 Å². The van der Waals surface area contributed by atoms with Gasteiger partial charge in [0.15, 0.2) is 0 Å². The SMILES string of the molecule is CCCNC(CCSC)c1cccc2c1OCCC2. The minimum absolute atomic E-state index is 0.431. The van der Waals surface area contributed by atoms with E-state index in [4.69, 9.17) is 4.74 Å². The highest BCUT2D eigenvalue weighted by molar-refractivity contribution is 7.98. The van der Waals surface area contributed by atoms with Gasteiger partial charge in [-0.2, -0.15) is 11.8 Å². The monoisotopic (exact) mass is 279 g/mol. The van der Waals surface area contributed by atoms with Gasteiger partial charge in [-0.15, -0.1) is 0 Å². The summed E-state index contributed by atoms with van der Waals surface area (Å²) < 4.78 is 5.95. The topological polar surface area (TPSA) is 21.3 Å². The fourth-order valence-electron chi connectivity index (χ4n) is 2.61.